The Morgan fingerprint density at radius 1 is 1.42 bits per heavy atom. The lowest BCUT2D eigenvalue weighted by Gasteiger charge is -2.30. The molecule has 1 unspecified atom stereocenters. The zero-order chi connectivity index (χ0) is 13.7. The Balaban J connectivity index is 2.12. The summed E-state index contributed by atoms with van der Waals surface area (Å²) in [6, 6.07) is 0.221. The number of nitrogens with zero attached hydrogens (tertiary/aromatic N) is 4. The molecule has 1 fully saturated rings. The maximum absolute atomic E-state index is 11.6. The number of nitrogens with one attached hydrogen (secondary N) is 1. The zero-order valence-corrected chi connectivity index (χ0v) is 12.1. The maximum Gasteiger partial charge on any atom is 0.222 e. The second kappa shape index (κ2) is 4.19. The highest BCUT2D eigenvalue weighted by Crippen LogP contribution is 2.27. The third-order valence-electron chi connectivity index (χ3n) is 3.84. The summed E-state index contributed by atoms with van der Waals surface area (Å²) in [5.41, 5.74) is 2.95. The topological polar surface area (TPSA) is 58.9 Å². The lowest BCUT2D eigenvalue weighted by molar-refractivity contribution is -0.132. The Kier molecular flexibility index (Phi) is 2.74. The van der Waals surface area contributed by atoms with Crippen molar-refractivity contribution >= 4 is 29.3 Å². The molecule has 0 saturated carbocycles. The van der Waals surface area contributed by atoms with Gasteiger partial charge in [0.25, 0.3) is 0 Å². The van der Waals surface area contributed by atoms with E-state index in [1.807, 2.05) is 25.7 Å². The highest BCUT2D eigenvalue weighted by Gasteiger charge is 2.27. The van der Waals surface area contributed by atoms with Gasteiger partial charge >= 0.3 is 0 Å². The molecule has 1 N–H and O–H groups in total. The van der Waals surface area contributed by atoms with Crippen LogP contribution < -0.4 is 0 Å². The smallest absolute Gasteiger partial charge is 0.222 e. The van der Waals surface area contributed by atoms with Crippen LogP contribution in [0.2, 0.25) is 0 Å². The average Bonchev–Trinajstić information content (AvgIpc) is 2.82. The van der Waals surface area contributed by atoms with Gasteiger partial charge in [0, 0.05) is 27.1 Å². The summed E-state index contributed by atoms with van der Waals surface area (Å²) in [6.45, 7) is 2.67. The Morgan fingerprint density at radius 2 is 2.16 bits per heavy atom. The number of aryl methyl sites for hydroxylation is 2. The van der Waals surface area contributed by atoms with Gasteiger partial charge in [-0.25, -0.2) is 0 Å². The molecule has 1 saturated heterocycles. The van der Waals surface area contributed by atoms with Crippen molar-refractivity contribution < 1.29 is 4.79 Å². The van der Waals surface area contributed by atoms with E-state index in [0.29, 0.717) is 17.7 Å². The first-order chi connectivity index (χ1) is 8.99. The van der Waals surface area contributed by atoms with E-state index in [0.717, 1.165) is 23.3 Å². The summed E-state index contributed by atoms with van der Waals surface area (Å²) in [4.78, 5) is 16.6. The Hall–Kier alpha value is -1.63. The summed E-state index contributed by atoms with van der Waals surface area (Å²) in [5, 5.41) is 4.42. The molecule has 3 heterocycles. The van der Waals surface area contributed by atoms with E-state index in [1.54, 1.807) is 4.90 Å². The van der Waals surface area contributed by atoms with Gasteiger partial charge in [-0.3, -0.25) is 14.0 Å². The van der Waals surface area contributed by atoms with Crippen molar-refractivity contribution in [3.05, 3.63) is 10.5 Å². The van der Waals surface area contributed by atoms with Crippen molar-refractivity contribution in [2.24, 2.45) is 7.05 Å². The summed E-state index contributed by atoms with van der Waals surface area (Å²) >= 11 is 5.44. The van der Waals surface area contributed by atoms with Crippen molar-refractivity contribution in [3.8, 4) is 0 Å². The van der Waals surface area contributed by atoms with Crippen LogP contribution in [-0.2, 0) is 11.8 Å². The van der Waals surface area contributed by atoms with Gasteiger partial charge in [-0.2, -0.15) is 5.10 Å². The molecule has 0 radical (unpaired) electrons. The average molecular weight is 279 g/mol. The minimum absolute atomic E-state index is 0.204. The van der Waals surface area contributed by atoms with Gasteiger partial charge in [-0.15, -0.1) is 0 Å². The molecule has 0 bridgehead atoms. The molecular formula is C12H17N5OS. The first-order valence-corrected chi connectivity index (χ1v) is 6.77. The van der Waals surface area contributed by atoms with Crippen LogP contribution in [0.3, 0.4) is 0 Å². The van der Waals surface area contributed by atoms with E-state index in [-0.39, 0.29) is 11.9 Å². The molecule has 7 heteroatoms. The normalized spacial score (nSPS) is 20.5. The van der Waals surface area contributed by atoms with E-state index >= 15 is 0 Å². The van der Waals surface area contributed by atoms with Crippen LogP contribution in [0, 0.1) is 11.7 Å². The number of carbonyl (C=O) groups excluding carboxylic acids is 1. The van der Waals surface area contributed by atoms with Gasteiger partial charge in [0.2, 0.25) is 5.91 Å². The van der Waals surface area contributed by atoms with E-state index in [9.17, 15) is 4.79 Å². The number of likely N-dealkylation sites (tertiary alicyclic amines) is 1. The number of carbonyl (C=O) groups is 1. The number of hydrogen-bond donors (Lipinski definition) is 1. The fourth-order valence-electron chi connectivity index (χ4n) is 2.87. The van der Waals surface area contributed by atoms with E-state index in [1.165, 1.54) is 0 Å². The Labute approximate surface area is 116 Å². The van der Waals surface area contributed by atoms with Crippen molar-refractivity contribution in [3.63, 3.8) is 0 Å². The van der Waals surface area contributed by atoms with Crippen molar-refractivity contribution in [2.45, 2.75) is 25.8 Å². The molecule has 6 nitrogen and oxygen atoms in total. The highest BCUT2D eigenvalue weighted by molar-refractivity contribution is 7.71. The standard InChI is InChI=1S/C12H17N5OS/c1-7-10-11(16(3)14-7)17(12(19)13-10)8-4-5-9(18)15(2)6-8/h8H,4-6H2,1-3H3,(H,13,19). The van der Waals surface area contributed by atoms with Gasteiger partial charge in [0.15, 0.2) is 10.4 Å². The van der Waals surface area contributed by atoms with Crippen molar-refractivity contribution in [1.29, 1.82) is 0 Å². The third-order valence-corrected chi connectivity index (χ3v) is 4.14. The summed E-state index contributed by atoms with van der Waals surface area (Å²) < 4.78 is 4.67. The van der Waals surface area contributed by atoms with Gasteiger partial charge in [-0.1, -0.05) is 0 Å². The molecule has 0 spiro atoms. The van der Waals surface area contributed by atoms with E-state index in [2.05, 4.69) is 14.6 Å². The van der Waals surface area contributed by atoms with Crippen LogP contribution in [0.1, 0.15) is 24.6 Å². The van der Waals surface area contributed by atoms with Crippen LogP contribution in [0.5, 0.6) is 0 Å². The lowest BCUT2D eigenvalue weighted by Crippen LogP contribution is -2.38. The van der Waals surface area contributed by atoms with Crippen molar-refractivity contribution in [1.82, 2.24) is 24.2 Å². The fraction of sp³-hybridized carbons (Fsp3) is 0.583. The first-order valence-electron chi connectivity index (χ1n) is 6.37. The number of fused-ring (bicyclic) bond motifs is 1. The van der Waals surface area contributed by atoms with E-state index in [4.69, 9.17) is 12.2 Å². The predicted octanol–water partition coefficient (Wildman–Crippen LogP) is 1.53. The maximum atomic E-state index is 11.6. The first kappa shape index (κ1) is 12.4. The summed E-state index contributed by atoms with van der Waals surface area (Å²) in [6.07, 6.45) is 1.40. The lowest BCUT2D eigenvalue weighted by atomic mass is 10.1. The molecule has 1 atom stereocenters. The number of aromatic nitrogens is 4. The predicted molar refractivity (Wildman–Crippen MR) is 74.5 cm³/mol. The van der Waals surface area contributed by atoms with Crippen LogP contribution >= 0.6 is 12.2 Å². The molecule has 1 amide bonds. The van der Waals surface area contributed by atoms with Gasteiger partial charge in [0.05, 0.1) is 11.7 Å². The quantitative estimate of drug-likeness (QED) is 0.805. The van der Waals surface area contributed by atoms with Crippen molar-refractivity contribution in [2.75, 3.05) is 13.6 Å². The van der Waals surface area contributed by atoms with Gasteiger partial charge in [-0.05, 0) is 25.6 Å². The number of imidazole rings is 1. The number of H-pyrrole nitrogens is 1. The minimum Gasteiger partial charge on any atom is -0.344 e. The molecule has 1 aliphatic heterocycles. The van der Waals surface area contributed by atoms with Crippen LogP contribution in [0.4, 0.5) is 0 Å². The number of hydrogen-bond acceptors (Lipinski definition) is 3. The zero-order valence-electron chi connectivity index (χ0n) is 11.3. The molecule has 2 aromatic rings. The number of amides is 1. The SMILES string of the molecule is Cc1nn(C)c2c1[nH]c(=S)n2C1CCC(=O)N(C)C1. The van der Waals surface area contributed by atoms with E-state index < -0.39 is 0 Å². The number of likely N-dealkylation sites (N-methyl/N-ethyl adjacent to an activating group) is 1. The largest absolute Gasteiger partial charge is 0.344 e. The second-order valence-corrected chi connectivity index (χ2v) is 5.56. The minimum atomic E-state index is 0.204. The fourth-order valence-corrected chi connectivity index (χ4v) is 3.21. The molecule has 102 valence electrons. The summed E-state index contributed by atoms with van der Waals surface area (Å²) in [5.74, 6) is 0.204. The Morgan fingerprint density at radius 3 is 2.84 bits per heavy atom. The van der Waals surface area contributed by atoms with Gasteiger partial charge < -0.3 is 9.88 Å². The molecule has 3 rings (SSSR count). The molecule has 2 aromatic heterocycles. The third kappa shape index (κ3) is 1.80. The van der Waals surface area contributed by atoms with Gasteiger partial charge in [0.1, 0.15) is 5.52 Å². The summed E-state index contributed by atoms with van der Waals surface area (Å²) in [7, 11) is 3.77. The monoisotopic (exact) mass is 279 g/mol. The number of rotatable bonds is 1. The highest BCUT2D eigenvalue weighted by atomic mass is 32.1. The molecule has 19 heavy (non-hydrogen) atoms. The molecule has 1 aliphatic rings. The van der Waals surface area contributed by atoms with Crippen LogP contribution in [0.15, 0.2) is 0 Å². The molecular weight excluding hydrogens is 262 g/mol. The number of aromatic amines is 1. The number of piperidine rings is 1. The van der Waals surface area contributed by atoms with Crippen LogP contribution in [-0.4, -0.2) is 43.7 Å². The molecule has 0 aromatic carbocycles. The van der Waals surface area contributed by atoms with Crippen LogP contribution in [0.25, 0.3) is 11.2 Å². The molecule has 0 aliphatic carbocycles. The second-order valence-electron chi connectivity index (χ2n) is 5.17. The Bertz CT molecular complexity index is 710.